The lowest BCUT2D eigenvalue weighted by atomic mass is 10.1. The van der Waals surface area contributed by atoms with Crippen LogP contribution in [0.25, 0.3) is 16.9 Å². The van der Waals surface area contributed by atoms with E-state index in [9.17, 15) is 0 Å². The van der Waals surface area contributed by atoms with Gasteiger partial charge in [-0.25, -0.2) is 9.97 Å². The number of hydrazone groups is 1. The monoisotopic (exact) mass is 393 g/mol. The van der Waals surface area contributed by atoms with Gasteiger partial charge >= 0.3 is 0 Å². The Morgan fingerprint density at radius 3 is 2.59 bits per heavy atom. The standard InChI is InChI=1S/C20H16ClN5S/c1-14(15-4-8-18(9-5-15)26-11-10-22-13-26)24-25-20-23-19(12-27-20)16-2-6-17(21)7-3-16/h2-13H,1H3,(H,23,25)/b24-14+. The van der Waals surface area contributed by atoms with Crippen molar-refractivity contribution in [2.75, 3.05) is 5.43 Å². The first kappa shape index (κ1) is 17.5. The molecule has 0 aliphatic rings. The van der Waals surface area contributed by atoms with Gasteiger partial charge in [0, 0.05) is 34.0 Å². The molecule has 4 aromatic rings. The Hall–Kier alpha value is -2.96. The Morgan fingerprint density at radius 1 is 1.11 bits per heavy atom. The number of imidazole rings is 1. The van der Waals surface area contributed by atoms with Gasteiger partial charge in [-0.1, -0.05) is 35.9 Å². The largest absolute Gasteiger partial charge is 0.306 e. The van der Waals surface area contributed by atoms with Crippen LogP contribution in [0.15, 0.2) is 77.7 Å². The van der Waals surface area contributed by atoms with Crippen molar-refractivity contribution in [3.63, 3.8) is 0 Å². The number of nitrogens with one attached hydrogen (secondary N) is 1. The van der Waals surface area contributed by atoms with Crippen molar-refractivity contribution in [3.8, 4) is 16.9 Å². The normalized spacial score (nSPS) is 11.6. The molecule has 2 aromatic carbocycles. The van der Waals surface area contributed by atoms with E-state index < -0.39 is 0 Å². The third-order valence-electron chi connectivity index (χ3n) is 4.05. The summed E-state index contributed by atoms with van der Waals surface area (Å²) in [6.07, 6.45) is 5.45. The van der Waals surface area contributed by atoms with Gasteiger partial charge in [0.25, 0.3) is 0 Å². The summed E-state index contributed by atoms with van der Waals surface area (Å²) < 4.78 is 1.96. The number of aromatic nitrogens is 3. The zero-order valence-corrected chi connectivity index (χ0v) is 16.1. The lowest BCUT2D eigenvalue weighted by Gasteiger charge is -2.05. The topological polar surface area (TPSA) is 55.1 Å². The predicted molar refractivity (Wildman–Crippen MR) is 112 cm³/mol. The van der Waals surface area contributed by atoms with Gasteiger partial charge in [-0.15, -0.1) is 11.3 Å². The highest BCUT2D eigenvalue weighted by Crippen LogP contribution is 2.26. The number of nitrogens with zero attached hydrogens (tertiary/aromatic N) is 4. The highest BCUT2D eigenvalue weighted by Gasteiger charge is 2.05. The minimum absolute atomic E-state index is 0.714. The molecule has 134 valence electrons. The van der Waals surface area contributed by atoms with Crippen LogP contribution in [0.2, 0.25) is 5.02 Å². The average Bonchev–Trinajstić information content (AvgIpc) is 3.39. The number of anilines is 1. The summed E-state index contributed by atoms with van der Waals surface area (Å²) in [4.78, 5) is 8.63. The molecule has 0 spiro atoms. The van der Waals surface area contributed by atoms with Crippen molar-refractivity contribution >= 4 is 33.8 Å². The quantitative estimate of drug-likeness (QED) is 0.360. The van der Waals surface area contributed by atoms with Crippen molar-refractivity contribution in [2.24, 2.45) is 5.10 Å². The van der Waals surface area contributed by atoms with Gasteiger partial charge in [0.2, 0.25) is 5.13 Å². The molecular weight excluding hydrogens is 378 g/mol. The summed E-state index contributed by atoms with van der Waals surface area (Å²) in [7, 11) is 0. The van der Waals surface area contributed by atoms with Crippen LogP contribution in [-0.4, -0.2) is 20.2 Å². The molecular formula is C20H16ClN5S. The van der Waals surface area contributed by atoms with Crippen molar-refractivity contribution in [1.29, 1.82) is 0 Å². The molecule has 0 saturated heterocycles. The van der Waals surface area contributed by atoms with E-state index in [0.717, 1.165) is 33.4 Å². The third-order valence-corrected chi connectivity index (χ3v) is 5.05. The van der Waals surface area contributed by atoms with Crippen LogP contribution in [0.3, 0.4) is 0 Å². The summed E-state index contributed by atoms with van der Waals surface area (Å²) in [5, 5.41) is 7.91. The van der Waals surface area contributed by atoms with Crippen molar-refractivity contribution in [3.05, 3.63) is 83.2 Å². The average molecular weight is 394 g/mol. The van der Waals surface area contributed by atoms with E-state index in [-0.39, 0.29) is 0 Å². The molecule has 0 aliphatic heterocycles. The lowest BCUT2D eigenvalue weighted by molar-refractivity contribution is 1.06. The minimum Gasteiger partial charge on any atom is -0.306 e. The lowest BCUT2D eigenvalue weighted by Crippen LogP contribution is -2.00. The molecule has 0 aliphatic carbocycles. The second kappa shape index (κ2) is 7.73. The first-order valence-electron chi connectivity index (χ1n) is 8.29. The van der Waals surface area contributed by atoms with Gasteiger partial charge in [0.15, 0.2) is 0 Å². The highest BCUT2D eigenvalue weighted by atomic mass is 35.5. The molecule has 4 rings (SSSR count). The van der Waals surface area contributed by atoms with Crippen LogP contribution >= 0.6 is 22.9 Å². The smallest absolute Gasteiger partial charge is 0.203 e. The van der Waals surface area contributed by atoms with Gasteiger partial charge in [-0.05, 0) is 36.8 Å². The minimum atomic E-state index is 0.714. The fraction of sp³-hybridized carbons (Fsp3) is 0.0500. The van der Waals surface area contributed by atoms with E-state index in [1.807, 2.05) is 71.6 Å². The predicted octanol–water partition coefficient (Wildman–Crippen LogP) is 5.49. The molecule has 2 heterocycles. The van der Waals surface area contributed by atoms with E-state index in [2.05, 4.69) is 20.5 Å². The molecule has 0 unspecified atom stereocenters. The Morgan fingerprint density at radius 2 is 1.89 bits per heavy atom. The Kier molecular flexibility index (Phi) is 5.00. The molecule has 0 atom stereocenters. The second-order valence-electron chi connectivity index (χ2n) is 5.87. The summed E-state index contributed by atoms with van der Waals surface area (Å²) in [6, 6.07) is 15.8. The number of halogens is 1. The van der Waals surface area contributed by atoms with E-state index in [0.29, 0.717) is 5.02 Å². The molecule has 0 radical (unpaired) electrons. The maximum atomic E-state index is 5.93. The zero-order chi connectivity index (χ0) is 18.6. The van der Waals surface area contributed by atoms with E-state index in [1.165, 1.54) is 11.3 Å². The van der Waals surface area contributed by atoms with Gasteiger partial charge < -0.3 is 4.57 Å². The molecule has 0 fully saturated rings. The maximum absolute atomic E-state index is 5.93. The molecule has 5 nitrogen and oxygen atoms in total. The van der Waals surface area contributed by atoms with E-state index >= 15 is 0 Å². The Labute approximate surface area is 166 Å². The summed E-state index contributed by atoms with van der Waals surface area (Å²) in [6.45, 7) is 1.97. The van der Waals surface area contributed by atoms with Gasteiger partial charge in [-0.2, -0.15) is 5.10 Å². The van der Waals surface area contributed by atoms with Crippen LogP contribution < -0.4 is 5.43 Å². The summed E-state index contributed by atoms with van der Waals surface area (Å²) in [5.74, 6) is 0. The molecule has 0 amide bonds. The van der Waals surface area contributed by atoms with Crippen LogP contribution in [-0.2, 0) is 0 Å². The summed E-state index contributed by atoms with van der Waals surface area (Å²) >= 11 is 7.45. The van der Waals surface area contributed by atoms with E-state index in [1.54, 1.807) is 12.5 Å². The number of hydrogen-bond acceptors (Lipinski definition) is 5. The second-order valence-corrected chi connectivity index (χ2v) is 7.17. The van der Waals surface area contributed by atoms with Gasteiger partial charge in [0.1, 0.15) is 0 Å². The molecule has 0 saturated carbocycles. The highest BCUT2D eigenvalue weighted by molar-refractivity contribution is 7.14. The molecule has 2 aromatic heterocycles. The molecule has 0 bridgehead atoms. The number of benzene rings is 2. The van der Waals surface area contributed by atoms with Crippen molar-refractivity contribution in [2.45, 2.75) is 6.92 Å². The van der Waals surface area contributed by atoms with Crippen LogP contribution in [0.5, 0.6) is 0 Å². The molecule has 7 heteroatoms. The van der Waals surface area contributed by atoms with E-state index in [4.69, 9.17) is 11.6 Å². The molecule has 1 N–H and O–H groups in total. The fourth-order valence-corrected chi connectivity index (χ4v) is 3.35. The Balaban J connectivity index is 1.45. The maximum Gasteiger partial charge on any atom is 0.203 e. The van der Waals surface area contributed by atoms with Crippen molar-refractivity contribution < 1.29 is 0 Å². The van der Waals surface area contributed by atoms with Crippen LogP contribution in [0.4, 0.5) is 5.13 Å². The van der Waals surface area contributed by atoms with Crippen molar-refractivity contribution in [1.82, 2.24) is 14.5 Å². The zero-order valence-electron chi connectivity index (χ0n) is 14.5. The van der Waals surface area contributed by atoms with Crippen LogP contribution in [0.1, 0.15) is 12.5 Å². The first-order chi connectivity index (χ1) is 13.2. The fourth-order valence-electron chi connectivity index (χ4n) is 2.56. The number of thiazole rings is 1. The molecule has 27 heavy (non-hydrogen) atoms. The van der Waals surface area contributed by atoms with Gasteiger partial charge in [0.05, 0.1) is 17.7 Å². The number of hydrogen-bond donors (Lipinski definition) is 1. The first-order valence-corrected chi connectivity index (χ1v) is 9.55. The third kappa shape index (κ3) is 4.07. The SMILES string of the molecule is C/C(=N\Nc1nc(-c2ccc(Cl)cc2)cs1)c1ccc(-n2ccnc2)cc1. The number of rotatable bonds is 5. The van der Waals surface area contributed by atoms with Gasteiger partial charge in [-0.3, -0.25) is 5.43 Å². The summed E-state index contributed by atoms with van der Waals surface area (Å²) in [5.41, 5.74) is 7.95. The Bertz CT molecular complexity index is 1050. The van der Waals surface area contributed by atoms with Crippen LogP contribution in [0, 0.1) is 0 Å².